The number of aryl methyl sites for hydroxylation is 2. The Morgan fingerprint density at radius 2 is 1.79 bits per heavy atom. The van der Waals surface area contributed by atoms with Gasteiger partial charge in [-0.1, -0.05) is 49.7 Å². The first kappa shape index (κ1) is 19.0. The van der Waals surface area contributed by atoms with Crippen molar-refractivity contribution in [3.05, 3.63) is 65.4 Å². The Morgan fingerprint density at radius 3 is 2.54 bits per heavy atom. The van der Waals surface area contributed by atoms with Crippen LogP contribution < -0.4 is 10.6 Å². The number of aromatic amines is 1. The van der Waals surface area contributed by atoms with Crippen LogP contribution in [0.15, 0.2) is 48.5 Å². The molecule has 0 amide bonds. The lowest BCUT2D eigenvalue weighted by atomic mass is 10.0. The second kappa shape index (κ2) is 7.25. The number of benzene rings is 2. The number of anilines is 1. The van der Waals surface area contributed by atoms with Gasteiger partial charge in [0.05, 0.1) is 0 Å². The highest BCUT2D eigenvalue weighted by atomic mass is 32.1. The maximum atomic E-state index is 5.46. The average molecular weight is 392 g/mol. The number of para-hydroxylation sites is 1. The Hall–Kier alpha value is -2.33. The molecule has 0 saturated heterocycles. The van der Waals surface area contributed by atoms with Crippen LogP contribution in [-0.2, 0) is 0 Å². The zero-order chi connectivity index (χ0) is 19.9. The topological polar surface area (TPSA) is 39.8 Å². The van der Waals surface area contributed by atoms with Gasteiger partial charge in [-0.05, 0) is 73.5 Å². The molecule has 3 aromatic rings. The Balaban J connectivity index is 1.37. The molecule has 0 bridgehead atoms. The normalized spacial score (nSPS) is 20.1. The summed E-state index contributed by atoms with van der Waals surface area (Å²) < 4.78 is 0. The summed E-state index contributed by atoms with van der Waals surface area (Å²) in [6, 6.07) is 17.0. The molecule has 28 heavy (non-hydrogen) atoms. The zero-order valence-corrected chi connectivity index (χ0v) is 17.9. The largest absolute Gasteiger partial charge is 0.362 e. The molecule has 1 aliphatic carbocycles. The van der Waals surface area contributed by atoms with Gasteiger partial charge in [-0.2, -0.15) is 0 Å². The lowest BCUT2D eigenvalue weighted by Gasteiger charge is -2.11. The number of H-pyrrole nitrogens is 1. The summed E-state index contributed by atoms with van der Waals surface area (Å²) in [5.74, 6) is 1.27. The number of thiocarbonyl (C=S) groups is 1. The summed E-state index contributed by atoms with van der Waals surface area (Å²) in [7, 11) is 0. The van der Waals surface area contributed by atoms with Crippen LogP contribution in [0, 0.1) is 25.2 Å². The van der Waals surface area contributed by atoms with E-state index in [0.717, 1.165) is 18.7 Å². The van der Waals surface area contributed by atoms with Gasteiger partial charge in [0.25, 0.3) is 0 Å². The van der Waals surface area contributed by atoms with Gasteiger partial charge in [0, 0.05) is 28.8 Å². The van der Waals surface area contributed by atoms with Gasteiger partial charge < -0.3 is 15.6 Å². The van der Waals surface area contributed by atoms with Gasteiger partial charge in [0.15, 0.2) is 5.11 Å². The second-order valence-corrected chi connectivity index (χ2v) is 9.06. The lowest BCUT2D eigenvalue weighted by Crippen LogP contribution is -2.29. The van der Waals surface area contributed by atoms with Gasteiger partial charge in [-0.25, -0.2) is 0 Å². The number of hydrogen-bond donors (Lipinski definition) is 3. The highest BCUT2D eigenvalue weighted by Gasteiger charge is 2.58. The summed E-state index contributed by atoms with van der Waals surface area (Å²) in [5.41, 5.74) is 6.67. The highest BCUT2D eigenvalue weighted by molar-refractivity contribution is 7.80. The van der Waals surface area contributed by atoms with Crippen LogP contribution in [0.2, 0.25) is 0 Å². The van der Waals surface area contributed by atoms with E-state index in [2.05, 4.69) is 91.8 Å². The Morgan fingerprint density at radius 1 is 1.07 bits per heavy atom. The van der Waals surface area contributed by atoms with Crippen LogP contribution in [0.1, 0.15) is 43.0 Å². The molecule has 2 atom stereocenters. The molecule has 0 spiro atoms. The van der Waals surface area contributed by atoms with Crippen molar-refractivity contribution in [1.29, 1.82) is 0 Å². The van der Waals surface area contributed by atoms with Crippen molar-refractivity contribution < 1.29 is 0 Å². The van der Waals surface area contributed by atoms with E-state index < -0.39 is 0 Å². The van der Waals surface area contributed by atoms with Crippen molar-refractivity contribution in [3.8, 4) is 0 Å². The van der Waals surface area contributed by atoms with Crippen molar-refractivity contribution in [3.63, 3.8) is 0 Å². The quantitative estimate of drug-likeness (QED) is 0.474. The molecular weight excluding hydrogens is 362 g/mol. The molecule has 146 valence electrons. The fourth-order valence-corrected chi connectivity index (χ4v) is 4.93. The molecule has 0 radical (unpaired) electrons. The molecule has 1 fully saturated rings. The average Bonchev–Trinajstić information content (AvgIpc) is 3.02. The predicted molar refractivity (Wildman–Crippen MR) is 123 cm³/mol. The number of aromatic nitrogens is 1. The smallest absolute Gasteiger partial charge is 0.170 e. The molecule has 4 rings (SSSR count). The van der Waals surface area contributed by atoms with E-state index in [-0.39, 0.29) is 0 Å². The maximum absolute atomic E-state index is 5.46. The lowest BCUT2D eigenvalue weighted by molar-refractivity contribution is 0.528. The third-order valence-corrected chi connectivity index (χ3v) is 6.60. The van der Waals surface area contributed by atoms with Crippen molar-refractivity contribution in [2.24, 2.45) is 11.3 Å². The van der Waals surface area contributed by atoms with Gasteiger partial charge in [-0.3, -0.25) is 0 Å². The minimum atomic E-state index is 0.323. The summed E-state index contributed by atoms with van der Waals surface area (Å²) >= 11 is 5.46. The molecule has 1 heterocycles. The van der Waals surface area contributed by atoms with Gasteiger partial charge >= 0.3 is 0 Å². The molecule has 1 aliphatic rings. The van der Waals surface area contributed by atoms with E-state index in [9.17, 15) is 0 Å². The summed E-state index contributed by atoms with van der Waals surface area (Å²) in [4.78, 5) is 3.57. The van der Waals surface area contributed by atoms with E-state index in [1.54, 1.807) is 0 Å². The fourth-order valence-electron chi connectivity index (χ4n) is 4.71. The first-order valence-corrected chi connectivity index (χ1v) is 10.5. The molecule has 1 aromatic heterocycles. The van der Waals surface area contributed by atoms with Crippen molar-refractivity contribution in [2.45, 2.75) is 40.0 Å². The van der Waals surface area contributed by atoms with Crippen LogP contribution in [0.25, 0.3) is 10.9 Å². The third kappa shape index (κ3) is 3.53. The number of fused-ring (bicyclic) bond motifs is 1. The molecule has 0 unspecified atom stereocenters. The molecule has 3 nitrogen and oxygen atoms in total. The Labute approximate surface area is 172 Å². The molecule has 1 saturated carbocycles. The van der Waals surface area contributed by atoms with E-state index in [1.807, 2.05) is 0 Å². The van der Waals surface area contributed by atoms with Crippen molar-refractivity contribution >= 4 is 33.9 Å². The first-order chi connectivity index (χ1) is 13.4. The summed E-state index contributed by atoms with van der Waals surface area (Å²) in [5, 5.41) is 8.73. The fraction of sp³-hybridized carbons (Fsp3) is 0.375. The van der Waals surface area contributed by atoms with E-state index in [1.165, 1.54) is 27.7 Å². The first-order valence-electron chi connectivity index (χ1n) is 10.1. The molecule has 3 N–H and O–H groups in total. The Kier molecular flexibility index (Phi) is 4.92. The Bertz CT molecular complexity index is 1000. The third-order valence-electron chi connectivity index (χ3n) is 6.36. The maximum Gasteiger partial charge on any atom is 0.170 e. The van der Waals surface area contributed by atoms with Gasteiger partial charge in [-0.15, -0.1) is 0 Å². The number of hydrogen-bond acceptors (Lipinski definition) is 1. The molecule has 2 aromatic carbocycles. The van der Waals surface area contributed by atoms with Gasteiger partial charge in [0.2, 0.25) is 0 Å². The minimum absolute atomic E-state index is 0.323. The van der Waals surface area contributed by atoms with Crippen molar-refractivity contribution in [1.82, 2.24) is 10.3 Å². The SMILES string of the molecule is Cc1ccc(NC(=S)NCC[C@H]2[C@H](c3c(C)[nH]c4ccccc34)C2(C)C)cc1. The van der Waals surface area contributed by atoms with Crippen LogP contribution in [0.3, 0.4) is 0 Å². The van der Waals surface area contributed by atoms with Crippen molar-refractivity contribution in [2.75, 3.05) is 11.9 Å². The van der Waals surface area contributed by atoms with Crippen LogP contribution in [0.4, 0.5) is 5.69 Å². The predicted octanol–water partition coefficient (Wildman–Crippen LogP) is 5.90. The van der Waals surface area contributed by atoms with E-state index >= 15 is 0 Å². The summed E-state index contributed by atoms with van der Waals surface area (Å²) in [6.07, 6.45) is 1.12. The standard InChI is InChI=1S/C24H29N3S/c1-15-9-11-17(12-10-15)27-23(28)25-14-13-19-22(24(19,3)4)21-16(2)26-20-8-6-5-7-18(20)21/h5-12,19,22,26H,13-14H2,1-4H3,(H2,25,27,28)/t19-,22+/m0/s1. The zero-order valence-electron chi connectivity index (χ0n) is 17.1. The molecule has 4 heteroatoms. The van der Waals surface area contributed by atoms with E-state index in [0.29, 0.717) is 22.4 Å². The summed E-state index contributed by atoms with van der Waals surface area (Å²) in [6.45, 7) is 9.98. The highest BCUT2D eigenvalue weighted by Crippen LogP contribution is 2.67. The number of nitrogens with one attached hydrogen (secondary N) is 3. The number of rotatable bonds is 5. The molecule has 0 aliphatic heterocycles. The van der Waals surface area contributed by atoms with E-state index in [4.69, 9.17) is 12.2 Å². The minimum Gasteiger partial charge on any atom is -0.362 e. The molecular formula is C24H29N3S. The van der Waals surface area contributed by atoms with Crippen LogP contribution >= 0.6 is 12.2 Å². The van der Waals surface area contributed by atoms with Crippen LogP contribution in [-0.4, -0.2) is 16.6 Å². The monoisotopic (exact) mass is 391 g/mol. The van der Waals surface area contributed by atoms with Gasteiger partial charge in [0.1, 0.15) is 0 Å². The second-order valence-electron chi connectivity index (χ2n) is 8.65. The van der Waals surface area contributed by atoms with Crippen LogP contribution in [0.5, 0.6) is 0 Å².